The molecule has 3 rings (SSSR count). The zero-order chi connectivity index (χ0) is 26.6. The molecule has 0 unspecified atom stereocenters. The Hall–Kier alpha value is -3.88. The molecule has 6 nitrogen and oxygen atoms in total. The maximum atomic E-state index is 14.4. The molecule has 0 spiro atoms. The molecule has 0 fully saturated rings. The number of anilines is 1. The number of carbonyl (C=O) groups excluding carboxylic acids is 3. The Bertz CT molecular complexity index is 1310. The van der Waals surface area contributed by atoms with E-state index >= 15 is 0 Å². The number of esters is 1. The van der Waals surface area contributed by atoms with Crippen LogP contribution in [0.5, 0.6) is 0 Å². The minimum atomic E-state index is -0.659. The summed E-state index contributed by atoms with van der Waals surface area (Å²) in [6, 6.07) is 19.5. The lowest BCUT2D eigenvalue weighted by Gasteiger charge is -2.13. The van der Waals surface area contributed by atoms with Crippen molar-refractivity contribution in [3.05, 3.63) is 113 Å². The zero-order valence-electron chi connectivity index (χ0n) is 19.9. The van der Waals surface area contributed by atoms with Gasteiger partial charge in [-0.3, -0.25) is 9.59 Å². The fourth-order valence-corrected chi connectivity index (χ4v) is 4.06. The number of nitrogens with one attached hydrogen (secondary N) is 2. The third kappa shape index (κ3) is 8.63. The van der Waals surface area contributed by atoms with Crippen LogP contribution in [0.4, 0.5) is 10.1 Å². The van der Waals surface area contributed by atoms with Gasteiger partial charge >= 0.3 is 5.97 Å². The maximum absolute atomic E-state index is 14.4. The molecule has 0 radical (unpaired) electrons. The van der Waals surface area contributed by atoms with E-state index in [0.29, 0.717) is 23.6 Å². The van der Waals surface area contributed by atoms with Gasteiger partial charge in [0.05, 0.1) is 11.6 Å². The highest BCUT2D eigenvalue weighted by molar-refractivity contribution is 7.99. The molecule has 37 heavy (non-hydrogen) atoms. The van der Waals surface area contributed by atoms with E-state index in [0.717, 1.165) is 4.90 Å². The molecule has 0 heterocycles. The van der Waals surface area contributed by atoms with Crippen LogP contribution in [-0.4, -0.2) is 30.1 Å². The summed E-state index contributed by atoms with van der Waals surface area (Å²) in [5.41, 5.74) is 0.579. The highest BCUT2D eigenvalue weighted by Crippen LogP contribution is 2.24. The first-order chi connectivity index (χ1) is 17.9. The summed E-state index contributed by atoms with van der Waals surface area (Å²) >= 11 is 7.59. The van der Waals surface area contributed by atoms with Crippen molar-refractivity contribution < 1.29 is 23.5 Å². The van der Waals surface area contributed by atoms with E-state index in [1.807, 2.05) is 6.07 Å². The average Bonchev–Trinajstić information content (AvgIpc) is 2.89. The van der Waals surface area contributed by atoms with E-state index < -0.39 is 23.6 Å². The van der Waals surface area contributed by atoms with E-state index in [-0.39, 0.29) is 16.3 Å². The summed E-state index contributed by atoms with van der Waals surface area (Å²) in [5, 5.41) is 5.38. The van der Waals surface area contributed by atoms with Gasteiger partial charge in [0.25, 0.3) is 11.8 Å². The van der Waals surface area contributed by atoms with Crippen molar-refractivity contribution in [2.45, 2.75) is 11.8 Å². The van der Waals surface area contributed by atoms with E-state index in [1.165, 1.54) is 42.1 Å². The van der Waals surface area contributed by atoms with Crippen molar-refractivity contribution in [1.29, 1.82) is 0 Å². The summed E-state index contributed by atoms with van der Waals surface area (Å²) < 4.78 is 19.3. The Kier molecular flexibility index (Phi) is 10.5. The number of carbonyl (C=O) groups is 3. The lowest BCUT2D eigenvalue weighted by Crippen LogP contribution is -2.30. The third-order valence-corrected chi connectivity index (χ3v) is 6.07. The fourth-order valence-electron chi connectivity index (χ4n) is 3.08. The topological polar surface area (TPSA) is 84.5 Å². The number of thioether (sulfide) groups is 1. The first-order valence-electron chi connectivity index (χ1n) is 11.3. The van der Waals surface area contributed by atoms with E-state index in [1.54, 1.807) is 61.5 Å². The standard InChI is InChI=1S/C28H24ClFN2O4S/c1-2-36-26(33)15-8-16-37-21-12-6-11-20(17-21)31-28(35)25(18-22-23(29)13-7-14-24(22)30)32-27(34)19-9-4-3-5-10-19/h3-15,17-18H,2,16H2,1H3,(H,31,35)(H,32,34)/b15-8+,25-18-. The third-order valence-electron chi connectivity index (χ3n) is 4.80. The SMILES string of the molecule is CCOC(=O)/C=C/CSc1cccc(NC(=O)/C(=C/c2c(F)cccc2Cl)NC(=O)c2ccccc2)c1. The second-order valence-electron chi connectivity index (χ2n) is 7.46. The number of benzene rings is 3. The summed E-state index contributed by atoms with van der Waals surface area (Å²) in [5.74, 6) is -1.72. The predicted octanol–water partition coefficient (Wildman–Crippen LogP) is 6.10. The normalized spacial score (nSPS) is 11.3. The number of rotatable bonds is 10. The Labute approximate surface area is 223 Å². The van der Waals surface area contributed by atoms with Crippen LogP contribution >= 0.6 is 23.4 Å². The van der Waals surface area contributed by atoms with Gasteiger partial charge in [-0.15, -0.1) is 11.8 Å². The lowest BCUT2D eigenvalue weighted by molar-refractivity contribution is -0.137. The number of halogens is 2. The van der Waals surface area contributed by atoms with Gasteiger partial charge in [-0.05, 0) is 55.5 Å². The average molecular weight is 539 g/mol. The van der Waals surface area contributed by atoms with Crippen LogP contribution in [0.2, 0.25) is 5.02 Å². The summed E-state index contributed by atoms with van der Waals surface area (Å²) in [7, 11) is 0. The number of ether oxygens (including phenoxy) is 1. The Morgan fingerprint density at radius 2 is 1.78 bits per heavy atom. The van der Waals surface area contributed by atoms with Gasteiger partial charge in [0.2, 0.25) is 0 Å². The van der Waals surface area contributed by atoms with Crippen LogP contribution in [0.1, 0.15) is 22.8 Å². The van der Waals surface area contributed by atoms with E-state index in [9.17, 15) is 18.8 Å². The first kappa shape index (κ1) is 27.7. The second kappa shape index (κ2) is 14.0. The molecule has 0 bridgehead atoms. The van der Waals surface area contributed by atoms with Crippen molar-refractivity contribution in [3.8, 4) is 0 Å². The van der Waals surface area contributed by atoms with Gasteiger partial charge in [0, 0.05) is 33.5 Å². The Balaban J connectivity index is 1.79. The molecule has 3 aromatic carbocycles. The predicted molar refractivity (Wildman–Crippen MR) is 145 cm³/mol. The molecular formula is C28H24ClFN2O4S. The monoisotopic (exact) mass is 538 g/mol. The Morgan fingerprint density at radius 1 is 1.03 bits per heavy atom. The highest BCUT2D eigenvalue weighted by Gasteiger charge is 2.17. The highest BCUT2D eigenvalue weighted by atomic mass is 35.5. The second-order valence-corrected chi connectivity index (χ2v) is 8.96. The summed E-state index contributed by atoms with van der Waals surface area (Å²) in [6.07, 6.45) is 4.25. The van der Waals surface area contributed by atoms with Gasteiger partial charge in [-0.2, -0.15) is 0 Å². The molecule has 2 N–H and O–H groups in total. The van der Waals surface area contributed by atoms with Crippen molar-refractivity contribution in [3.63, 3.8) is 0 Å². The minimum Gasteiger partial charge on any atom is -0.463 e. The smallest absolute Gasteiger partial charge is 0.330 e. The van der Waals surface area contributed by atoms with Crippen LogP contribution in [-0.2, 0) is 14.3 Å². The van der Waals surface area contributed by atoms with E-state index in [4.69, 9.17) is 16.3 Å². The zero-order valence-corrected chi connectivity index (χ0v) is 21.4. The van der Waals surface area contributed by atoms with Gasteiger partial charge in [0.1, 0.15) is 11.5 Å². The summed E-state index contributed by atoms with van der Waals surface area (Å²) in [4.78, 5) is 38.2. The molecule has 0 atom stereocenters. The number of hydrogen-bond acceptors (Lipinski definition) is 5. The maximum Gasteiger partial charge on any atom is 0.330 e. The van der Waals surface area contributed by atoms with Gasteiger partial charge in [-0.1, -0.05) is 48.0 Å². The van der Waals surface area contributed by atoms with Crippen LogP contribution in [0, 0.1) is 5.82 Å². The number of hydrogen-bond donors (Lipinski definition) is 2. The molecule has 190 valence electrons. The fraction of sp³-hybridized carbons (Fsp3) is 0.107. The molecule has 0 saturated heterocycles. The molecule has 0 aliphatic carbocycles. The molecule has 0 saturated carbocycles. The molecule has 3 aromatic rings. The van der Waals surface area contributed by atoms with Crippen LogP contribution in [0.25, 0.3) is 6.08 Å². The van der Waals surface area contributed by atoms with E-state index in [2.05, 4.69) is 10.6 Å². The van der Waals surface area contributed by atoms with Crippen molar-refractivity contribution in [2.24, 2.45) is 0 Å². The summed E-state index contributed by atoms with van der Waals surface area (Å²) in [6.45, 7) is 2.04. The van der Waals surface area contributed by atoms with Crippen molar-refractivity contribution >= 4 is 52.9 Å². The largest absolute Gasteiger partial charge is 0.463 e. The van der Waals surface area contributed by atoms with Crippen LogP contribution in [0.15, 0.2) is 95.5 Å². The molecule has 2 amide bonds. The minimum absolute atomic E-state index is 0.0274. The van der Waals surface area contributed by atoms with Crippen molar-refractivity contribution in [1.82, 2.24) is 5.32 Å². The molecule has 0 aliphatic heterocycles. The van der Waals surface area contributed by atoms with Gasteiger partial charge < -0.3 is 15.4 Å². The molecule has 9 heteroatoms. The quantitative estimate of drug-likeness (QED) is 0.185. The first-order valence-corrected chi connectivity index (χ1v) is 12.6. The molecule has 0 aliphatic rings. The van der Waals surface area contributed by atoms with Gasteiger partial charge in [-0.25, -0.2) is 9.18 Å². The lowest BCUT2D eigenvalue weighted by atomic mass is 10.1. The van der Waals surface area contributed by atoms with Gasteiger partial charge in [0.15, 0.2) is 0 Å². The molecular weight excluding hydrogens is 515 g/mol. The molecule has 0 aromatic heterocycles. The van der Waals surface area contributed by atoms with Crippen LogP contribution in [0.3, 0.4) is 0 Å². The Morgan fingerprint density at radius 3 is 2.51 bits per heavy atom. The van der Waals surface area contributed by atoms with Crippen LogP contribution < -0.4 is 10.6 Å². The van der Waals surface area contributed by atoms with Crippen molar-refractivity contribution in [2.75, 3.05) is 17.7 Å². The number of amides is 2.